The topological polar surface area (TPSA) is 57.6 Å². The summed E-state index contributed by atoms with van der Waals surface area (Å²) in [5.41, 5.74) is -0.997. The molecule has 0 aromatic carbocycles. The molecule has 1 N–H and O–H groups in total. The van der Waals surface area contributed by atoms with E-state index in [1.165, 1.54) is 4.90 Å². The second kappa shape index (κ2) is 6.02. The number of hydrogen-bond acceptors (Lipinski definition) is 3. The number of halogens is 3. The maximum atomic E-state index is 12.0. The Kier molecular flexibility index (Phi) is 5.11. The van der Waals surface area contributed by atoms with E-state index in [0.717, 1.165) is 0 Å². The fraction of sp³-hybridized carbons (Fsp3) is 0.818. The van der Waals surface area contributed by atoms with Crippen molar-refractivity contribution >= 4 is 23.6 Å². The molecular formula is C11H16F3NO3S. The van der Waals surface area contributed by atoms with Gasteiger partial charge in [0.15, 0.2) is 0 Å². The highest BCUT2D eigenvalue weighted by atomic mass is 32.2. The predicted molar refractivity (Wildman–Crippen MR) is 64.9 cm³/mol. The van der Waals surface area contributed by atoms with Gasteiger partial charge in [0.2, 0.25) is 5.91 Å². The summed E-state index contributed by atoms with van der Waals surface area (Å²) < 4.78 is 35.9. The predicted octanol–water partition coefficient (Wildman–Crippen LogP) is 2.00. The number of nitrogens with zero attached hydrogens (tertiary/aromatic N) is 1. The van der Waals surface area contributed by atoms with Crippen LogP contribution < -0.4 is 0 Å². The average Bonchev–Trinajstić information content (AvgIpc) is 2.27. The fourth-order valence-electron chi connectivity index (χ4n) is 1.97. The van der Waals surface area contributed by atoms with Crippen molar-refractivity contribution in [3.63, 3.8) is 0 Å². The number of piperidine rings is 1. The van der Waals surface area contributed by atoms with Crippen molar-refractivity contribution in [1.29, 1.82) is 0 Å². The van der Waals surface area contributed by atoms with Crippen molar-refractivity contribution in [1.82, 2.24) is 4.90 Å². The number of carbonyl (C=O) groups excluding carboxylic acids is 1. The molecule has 0 saturated carbocycles. The van der Waals surface area contributed by atoms with Gasteiger partial charge >= 0.3 is 12.1 Å². The Morgan fingerprint density at radius 1 is 1.42 bits per heavy atom. The summed E-state index contributed by atoms with van der Waals surface area (Å²) in [6.07, 6.45) is -3.26. The van der Waals surface area contributed by atoms with Crippen molar-refractivity contribution in [2.45, 2.75) is 25.9 Å². The van der Waals surface area contributed by atoms with E-state index in [1.54, 1.807) is 6.92 Å². The lowest BCUT2D eigenvalue weighted by molar-refractivity contribution is -0.153. The number of alkyl halides is 3. The first kappa shape index (κ1) is 16.1. The maximum absolute atomic E-state index is 12.0. The van der Waals surface area contributed by atoms with Crippen LogP contribution in [0.5, 0.6) is 0 Å². The van der Waals surface area contributed by atoms with E-state index in [9.17, 15) is 22.8 Å². The largest absolute Gasteiger partial charge is 0.481 e. The quantitative estimate of drug-likeness (QED) is 0.862. The van der Waals surface area contributed by atoms with Crippen LogP contribution in [0.1, 0.15) is 19.8 Å². The third kappa shape index (κ3) is 4.93. The van der Waals surface area contributed by atoms with E-state index in [2.05, 4.69) is 0 Å². The third-order valence-electron chi connectivity index (χ3n) is 3.06. The van der Waals surface area contributed by atoms with Gasteiger partial charge in [0.25, 0.3) is 0 Å². The number of carboxylic acid groups (broad SMARTS) is 1. The Morgan fingerprint density at radius 3 is 2.58 bits per heavy atom. The molecule has 1 rings (SSSR count). The molecule has 0 spiro atoms. The SMILES string of the molecule is CC1(C(=O)O)CCCN(C(=O)CSCC(F)(F)F)C1. The molecule has 1 aliphatic heterocycles. The Morgan fingerprint density at radius 2 is 2.05 bits per heavy atom. The number of aliphatic carboxylic acids is 1. The van der Waals surface area contributed by atoms with Gasteiger partial charge in [0.05, 0.1) is 16.9 Å². The van der Waals surface area contributed by atoms with E-state index < -0.39 is 29.2 Å². The Balaban J connectivity index is 2.47. The van der Waals surface area contributed by atoms with Crippen LogP contribution in [0.25, 0.3) is 0 Å². The van der Waals surface area contributed by atoms with Crippen molar-refractivity contribution in [2.75, 3.05) is 24.6 Å². The second-order valence-corrected chi connectivity index (χ2v) is 5.88. The maximum Gasteiger partial charge on any atom is 0.397 e. The molecule has 1 unspecified atom stereocenters. The molecule has 1 fully saturated rings. The van der Waals surface area contributed by atoms with Gasteiger partial charge in [-0.3, -0.25) is 9.59 Å². The summed E-state index contributed by atoms with van der Waals surface area (Å²) in [5.74, 6) is -2.74. The van der Waals surface area contributed by atoms with Gasteiger partial charge < -0.3 is 10.0 Å². The van der Waals surface area contributed by atoms with Crippen LogP contribution in [0.4, 0.5) is 13.2 Å². The van der Waals surface area contributed by atoms with Gasteiger partial charge in [0, 0.05) is 13.1 Å². The zero-order valence-electron chi connectivity index (χ0n) is 10.5. The first-order valence-corrected chi connectivity index (χ1v) is 6.95. The highest BCUT2D eigenvalue weighted by Gasteiger charge is 2.39. The molecule has 0 aliphatic carbocycles. The van der Waals surface area contributed by atoms with Crippen LogP contribution >= 0.6 is 11.8 Å². The van der Waals surface area contributed by atoms with Gasteiger partial charge in [-0.25, -0.2) is 0 Å². The smallest absolute Gasteiger partial charge is 0.397 e. The van der Waals surface area contributed by atoms with Crippen molar-refractivity contribution in [3.8, 4) is 0 Å². The number of likely N-dealkylation sites (tertiary alicyclic amines) is 1. The standard InChI is InChI=1S/C11H16F3NO3S/c1-10(9(17)18)3-2-4-15(6-10)8(16)5-19-7-11(12,13)14/h2-7H2,1H3,(H,17,18). The molecule has 19 heavy (non-hydrogen) atoms. The zero-order valence-corrected chi connectivity index (χ0v) is 11.3. The number of rotatable bonds is 4. The molecule has 0 radical (unpaired) electrons. The van der Waals surface area contributed by atoms with E-state index >= 15 is 0 Å². The number of carboxylic acids is 1. The Labute approximate surface area is 113 Å². The van der Waals surface area contributed by atoms with Gasteiger partial charge in [-0.2, -0.15) is 13.2 Å². The van der Waals surface area contributed by atoms with Gasteiger partial charge in [-0.15, -0.1) is 11.8 Å². The molecule has 4 nitrogen and oxygen atoms in total. The molecule has 1 amide bonds. The minimum atomic E-state index is -4.29. The van der Waals surface area contributed by atoms with Crippen molar-refractivity contribution in [2.24, 2.45) is 5.41 Å². The summed E-state index contributed by atoms with van der Waals surface area (Å²) in [6, 6.07) is 0. The van der Waals surface area contributed by atoms with Gasteiger partial charge in [0.1, 0.15) is 0 Å². The number of thioether (sulfide) groups is 1. The van der Waals surface area contributed by atoms with Crippen LogP contribution in [0.15, 0.2) is 0 Å². The third-order valence-corrected chi connectivity index (χ3v) is 4.04. The van der Waals surface area contributed by atoms with Gasteiger partial charge in [-0.05, 0) is 19.8 Å². The fourth-order valence-corrected chi connectivity index (χ4v) is 2.66. The highest BCUT2D eigenvalue weighted by molar-refractivity contribution is 8.00. The first-order valence-electron chi connectivity index (χ1n) is 5.80. The van der Waals surface area contributed by atoms with E-state index in [1.807, 2.05) is 0 Å². The lowest BCUT2D eigenvalue weighted by atomic mass is 9.82. The van der Waals surface area contributed by atoms with E-state index in [-0.39, 0.29) is 12.3 Å². The highest BCUT2D eigenvalue weighted by Crippen LogP contribution is 2.30. The molecule has 1 aliphatic rings. The summed E-state index contributed by atoms with van der Waals surface area (Å²) in [6.45, 7) is 2.03. The number of carbonyl (C=O) groups is 2. The van der Waals surface area contributed by atoms with E-state index in [0.29, 0.717) is 31.1 Å². The van der Waals surface area contributed by atoms with Crippen molar-refractivity contribution < 1.29 is 27.9 Å². The van der Waals surface area contributed by atoms with Crippen LogP contribution in [0, 0.1) is 5.41 Å². The lowest BCUT2D eigenvalue weighted by Crippen LogP contribution is -2.49. The Hall–Kier alpha value is -0.920. The number of hydrogen-bond donors (Lipinski definition) is 1. The average molecular weight is 299 g/mol. The van der Waals surface area contributed by atoms with Crippen LogP contribution in [0.2, 0.25) is 0 Å². The molecule has 1 atom stereocenters. The minimum absolute atomic E-state index is 0.0632. The lowest BCUT2D eigenvalue weighted by Gasteiger charge is -2.37. The summed E-state index contributed by atoms with van der Waals surface area (Å²) in [4.78, 5) is 24.2. The second-order valence-electron chi connectivity index (χ2n) is 4.89. The first-order chi connectivity index (χ1) is 8.64. The molecule has 1 saturated heterocycles. The zero-order chi connectivity index (χ0) is 14.7. The monoisotopic (exact) mass is 299 g/mol. The molecule has 8 heteroatoms. The Bertz CT molecular complexity index is 362. The van der Waals surface area contributed by atoms with Crippen molar-refractivity contribution in [3.05, 3.63) is 0 Å². The normalized spacial score (nSPS) is 24.3. The molecule has 0 bridgehead atoms. The summed E-state index contributed by atoms with van der Waals surface area (Å²) >= 11 is 0.507. The van der Waals surface area contributed by atoms with Crippen LogP contribution in [0.3, 0.4) is 0 Å². The molecule has 0 aromatic heterocycles. The minimum Gasteiger partial charge on any atom is -0.481 e. The summed E-state index contributed by atoms with van der Waals surface area (Å²) in [7, 11) is 0. The number of amides is 1. The molecule has 1 heterocycles. The molecular weight excluding hydrogens is 283 g/mol. The summed E-state index contributed by atoms with van der Waals surface area (Å²) in [5, 5.41) is 9.09. The molecule has 110 valence electrons. The van der Waals surface area contributed by atoms with Crippen LogP contribution in [-0.4, -0.2) is 52.7 Å². The van der Waals surface area contributed by atoms with E-state index in [4.69, 9.17) is 5.11 Å². The van der Waals surface area contributed by atoms with Gasteiger partial charge in [-0.1, -0.05) is 0 Å². The molecule has 0 aromatic rings. The van der Waals surface area contributed by atoms with Crippen LogP contribution in [-0.2, 0) is 9.59 Å².